The smallest absolute Gasteiger partial charge is 0.254 e. The van der Waals surface area contributed by atoms with E-state index in [0.717, 1.165) is 16.9 Å². The minimum absolute atomic E-state index is 0.00482. The molecule has 0 unspecified atom stereocenters. The molecular weight excluding hydrogens is 428 g/mol. The van der Waals surface area contributed by atoms with Crippen LogP contribution in [0.2, 0.25) is 0 Å². The monoisotopic (exact) mass is 454 g/mol. The van der Waals surface area contributed by atoms with Crippen molar-refractivity contribution in [2.24, 2.45) is 0 Å². The second kappa shape index (κ2) is 9.39. The number of benzene rings is 2. The van der Waals surface area contributed by atoms with E-state index < -0.39 is 0 Å². The molecule has 3 heterocycles. The van der Waals surface area contributed by atoms with Gasteiger partial charge in [0.1, 0.15) is 18.0 Å². The van der Waals surface area contributed by atoms with E-state index in [1.165, 1.54) is 0 Å². The van der Waals surface area contributed by atoms with E-state index in [4.69, 9.17) is 4.74 Å². The maximum absolute atomic E-state index is 13.1. The highest BCUT2D eigenvalue weighted by molar-refractivity contribution is 5.96. The number of aryl methyl sites for hydroxylation is 1. The Bertz CT molecular complexity index is 1320. The first-order chi connectivity index (χ1) is 16.6. The van der Waals surface area contributed by atoms with Gasteiger partial charge in [-0.3, -0.25) is 9.59 Å². The highest BCUT2D eigenvalue weighted by Crippen LogP contribution is 2.18. The van der Waals surface area contributed by atoms with Gasteiger partial charge in [-0.05, 0) is 48.9 Å². The summed E-state index contributed by atoms with van der Waals surface area (Å²) in [5.41, 5.74) is 4.10. The molecule has 2 aromatic heterocycles. The third-order valence-corrected chi connectivity index (χ3v) is 5.99. The first kappa shape index (κ1) is 21.7. The summed E-state index contributed by atoms with van der Waals surface area (Å²) in [4.78, 5) is 33.9. The molecule has 1 fully saturated rings. The van der Waals surface area contributed by atoms with Crippen LogP contribution in [0.15, 0.2) is 79.1 Å². The van der Waals surface area contributed by atoms with Crippen molar-refractivity contribution in [3.63, 3.8) is 0 Å². The van der Waals surface area contributed by atoms with Gasteiger partial charge in [-0.2, -0.15) is 0 Å². The molecule has 7 heteroatoms. The van der Waals surface area contributed by atoms with Gasteiger partial charge in [0.25, 0.3) is 11.8 Å². The molecule has 0 spiro atoms. The Morgan fingerprint density at radius 1 is 0.824 bits per heavy atom. The molecule has 0 bridgehead atoms. The lowest BCUT2D eigenvalue weighted by Crippen LogP contribution is -2.50. The summed E-state index contributed by atoms with van der Waals surface area (Å²) in [6.45, 7) is 4.40. The number of piperazine rings is 1. The van der Waals surface area contributed by atoms with Gasteiger partial charge in [0, 0.05) is 49.7 Å². The average molecular weight is 455 g/mol. The summed E-state index contributed by atoms with van der Waals surface area (Å²) < 4.78 is 7.91. The minimum Gasteiger partial charge on any atom is -0.487 e. The number of amides is 2. The molecule has 0 saturated carbocycles. The van der Waals surface area contributed by atoms with E-state index in [1.807, 2.05) is 78.3 Å². The number of imidazole rings is 1. The molecule has 34 heavy (non-hydrogen) atoms. The van der Waals surface area contributed by atoms with Gasteiger partial charge < -0.3 is 18.9 Å². The zero-order valence-corrected chi connectivity index (χ0v) is 19.1. The molecule has 5 rings (SSSR count). The Hall–Kier alpha value is -4.13. The van der Waals surface area contributed by atoms with Crippen LogP contribution in [0.4, 0.5) is 0 Å². The summed E-state index contributed by atoms with van der Waals surface area (Å²) >= 11 is 0. The summed E-state index contributed by atoms with van der Waals surface area (Å²) in [6, 6.07) is 20.5. The quantitative estimate of drug-likeness (QED) is 0.460. The van der Waals surface area contributed by atoms with Crippen molar-refractivity contribution < 1.29 is 14.3 Å². The van der Waals surface area contributed by atoms with Gasteiger partial charge in [0.15, 0.2) is 0 Å². The number of carbonyl (C=O) groups is 2. The van der Waals surface area contributed by atoms with E-state index in [2.05, 4.69) is 4.98 Å². The number of nitrogens with zero attached hydrogens (tertiary/aromatic N) is 4. The summed E-state index contributed by atoms with van der Waals surface area (Å²) in [5, 5.41) is 0. The zero-order chi connectivity index (χ0) is 23.5. The third-order valence-electron chi connectivity index (χ3n) is 5.99. The van der Waals surface area contributed by atoms with Crippen LogP contribution in [0, 0.1) is 6.92 Å². The standard InChI is InChI=1S/C27H26N4O3/c1-20-10-11-25-28-23(18-31(25)17-20)19-34-24-9-5-8-22(16-24)27(33)30-14-12-29(13-15-30)26(32)21-6-3-2-4-7-21/h2-11,16-18H,12-15,19H2,1H3. The number of carbonyl (C=O) groups excluding carboxylic acids is 2. The normalized spacial score (nSPS) is 13.8. The topological polar surface area (TPSA) is 67.2 Å². The Labute approximate surface area is 198 Å². The number of hydrogen-bond acceptors (Lipinski definition) is 4. The van der Waals surface area contributed by atoms with Gasteiger partial charge in [-0.15, -0.1) is 0 Å². The molecule has 4 aromatic rings. The fourth-order valence-corrected chi connectivity index (χ4v) is 4.16. The van der Waals surface area contributed by atoms with Crippen molar-refractivity contribution in [1.82, 2.24) is 19.2 Å². The summed E-state index contributed by atoms with van der Waals surface area (Å²) in [6.07, 6.45) is 3.98. The van der Waals surface area contributed by atoms with Crippen LogP contribution in [0.3, 0.4) is 0 Å². The molecule has 172 valence electrons. The fraction of sp³-hybridized carbons (Fsp3) is 0.222. The summed E-state index contributed by atoms with van der Waals surface area (Å²) in [5.74, 6) is 0.572. The molecule has 2 amide bonds. The minimum atomic E-state index is -0.0551. The molecule has 0 N–H and O–H groups in total. The first-order valence-electron chi connectivity index (χ1n) is 11.4. The van der Waals surface area contributed by atoms with Crippen LogP contribution >= 0.6 is 0 Å². The number of hydrogen-bond donors (Lipinski definition) is 0. The SMILES string of the molecule is Cc1ccc2nc(COc3cccc(C(=O)N4CCN(C(=O)c5ccccc5)CC4)c3)cn2c1. The van der Waals surface area contributed by atoms with Crippen LogP contribution in [-0.4, -0.2) is 57.2 Å². The van der Waals surface area contributed by atoms with Gasteiger partial charge in [-0.1, -0.05) is 30.3 Å². The molecule has 1 aliphatic rings. The van der Waals surface area contributed by atoms with Crippen molar-refractivity contribution in [2.75, 3.05) is 26.2 Å². The van der Waals surface area contributed by atoms with Crippen LogP contribution in [0.25, 0.3) is 5.65 Å². The zero-order valence-electron chi connectivity index (χ0n) is 19.1. The molecule has 1 aliphatic heterocycles. The predicted octanol–water partition coefficient (Wildman–Crippen LogP) is 3.82. The highest BCUT2D eigenvalue weighted by Gasteiger charge is 2.25. The van der Waals surface area contributed by atoms with E-state index in [1.54, 1.807) is 21.9 Å². The highest BCUT2D eigenvalue weighted by atomic mass is 16.5. The van der Waals surface area contributed by atoms with Gasteiger partial charge in [0.05, 0.1) is 5.69 Å². The van der Waals surface area contributed by atoms with Gasteiger partial charge in [0.2, 0.25) is 0 Å². The number of pyridine rings is 1. The lowest BCUT2D eigenvalue weighted by Gasteiger charge is -2.35. The Kier molecular flexibility index (Phi) is 5.99. The molecule has 0 aliphatic carbocycles. The molecule has 7 nitrogen and oxygen atoms in total. The van der Waals surface area contributed by atoms with Crippen molar-refractivity contribution in [3.05, 3.63) is 102 Å². The molecule has 2 aromatic carbocycles. The third kappa shape index (κ3) is 4.64. The largest absolute Gasteiger partial charge is 0.487 e. The lowest BCUT2D eigenvalue weighted by atomic mass is 10.1. The average Bonchev–Trinajstić information content (AvgIpc) is 3.29. The van der Waals surface area contributed by atoms with Crippen molar-refractivity contribution in [3.8, 4) is 5.75 Å². The van der Waals surface area contributed by atoms with E-state index in [-0.39, 0.29) is 11.8 Å². The summed E-state index contributed by atoms with van der Waals surface area (Å²) in [7, 11) is 0. The number of ether oxygens (including phenoxy) is 1. The van der Waals surface area contributed by atoms with E-state index in [0.29, 0.717) is 49.7 Å². The molecule has 1 saturated heterocycles. The van der Waals surface area contributed by atoms with Crippen molar-refractivity contribution in [1.29, 1.82) is 0 Å². The fourth-order valence-electron chi connectivity index (χ4n) is 4.16. The molecule has 0 atom stereocenters. The predicted molar refractivity (Wildman–Crippen MR) is 129 cm³/mol. The van der Waals surface area contributed by atoms with Crippen LogP contribution in [0.5, 0.6) is 5.75 Å². The van der Waals surface area contributed by atoms with Crippen molar-refractivity contribution >= 4 is 17.5 Å². The maximum Gasteiger partial charge on any atom is 0.254 e. The van der Waals surface area contributed by atoms with Crippen LogP contribution < -0.4 is 4.74 Å². The number of aromatic nitrogens is 2. The lowest BCUT2D eigenvalue weighted by molar-refractivity contribution is 0.0535. The second-order valence-electron chi connectivity index (χ2n) is 8.47. The van der Waals surface area contributed by atoms with Crippen molar-refractivity contribution in [2.45, 2.75) is 13.5 Å². The Balaban J connectivity index is 1.19. The van der Waals surface area contributed by atoms with Crippen LogP contribution in [-0.2, 0) is 6.61 Å². The Morgan fingerprint density at radius 3 is 2.24 bits per heavy atom. The van der Waals surface area contributed by atoms with Gasteiger partial charge >= 0.3 is 0 Å². The maximum atomic E-state index is 13.1. The molecular formula is C27H26N4O3. The van der Waals surface area contributed by atoms with E-state index >= 15 is 0 Å². The van der Waals surface area contributed by atoms with E-state index in [9.17, 15) is 9.59 Å². The first-order valence-corrected chi connectivity index (χ1v) is 11.4. The Morgan fingerprint density at radius 2 is 1.50 bits per heavy atom. The number of rotatable bonds is 5. The second-order valence-corrected chi connectivity index (χ2v) is 8.47. The molecule has 0 radical (unpaired) electrons. The van der Waals surface area contributed by atoms with Crippen LogP contribution in [0.1, 0.15) is 32.0 Å². The number of fused-ring (bicyclic) bond motifs is 1. The van der Waals surface area contributed by atoms with Gasteiger partial charge in [-0.25, -0.2) is 4.98 Å².